The summed E-state index contributed by atoms with van der Waals surface area (Å²) in [4.78, 5) is 19.4. The van der Waals surface area contributed by atoms with E-state index in [9.17, 15) is 9.90 Å². The number of aliphatic hydroxyl groups is 1. The van der Waals surface area contributed by atoms with Crippen molar-refractivity contribution in [1.82, 2.24) is 4.98 Å². The molecule has 0 spiro atoms. The largest absolute Gasteiger partial charge is 0.461 e. The topological polar surface area (TPSA) is 62.7 Å². The highest BCUT2D eigenvalue weighted by molar-refractivity contribution is 9.10. The Balaban J connectivity index is 2.07. The van der Waals surface area contributed by atoms with Crippen LogP contribution in [-0.2, 0) is 9.53 Å². The highest BCUT2D eigenvalue weighted by Gasteiger charge is 2.56. The number of esters is 1. The van der Waals surface area contributed by atoms with E-state index < -0.39 is 12.1 Å². The van der Waals surface area contributed by atoms with Crippen LogP contribution in [0.5, 0.6) is 0 Å². The average molecular weight is 453 g/mol. The van der Waals surface area contributed by atoms with Crippen LogP contribution in [0.25, 0.3) is 0 Å². The first-order valence-corrected chi connectivity index (χ1v) is 11.0. The smallest absolute Gasteiger partial charge is 0.340 e. The van der Waals surface area contributed by atoms with E-state index >= 15 is 0 Å². The Labute approximate surface area is 177 Å². The number of piperidine rings is 1. The third kappa shape index (κ3) is 3.36. The number of hydrogen-bond donors (Lipinski definition) is 1. The molecule has 2 fully saturated rings. The molecule has 5 nitrogen and oxygen atoms in total. The van der Waals surface area contributed by atoms with Gasteiger partial charge in [0.15, 0.2) is 6.10 Å². The lowest BCUT2D eigenvalue weighted by atomic mass is 9.63. The van der Waals surface area contributed by atoms with Crippen molar-refractivity contribution in [1.29, 1.82) is 0 Å². The Morgan fingerprint density at radius 1 is 1.29 bits per heavy atom. The van der Waals surface area contributed by atoms with E-state index in [0.717, 1.165) is 28.9 Å². The average Bonchev–Trinajstić information content (AvgIpc) is 2.72. The van der Waals surface area contributed by atoms with Crippen LogP contribution in [0.2, 0.25) is 0 Å². The zero-order valence-corrected chi connectivity index (χ0v) is 19.7. The van der Waals surface area contributed by atoms with Crippen LogP contribution in [0.1, 0.15) is 70.5 Å². The van der Waals surface area contributed by atoms with E-state index in [1.165, 1.54) is 12.8 Å². The van der Waals surface area contributed by atoms with Crippen molar-refractivity contribution < 1.29 is 14.6 Å². The predicted molar refractivity (Wildman–Crippen MR) is 114 cm³/mol. The number of carbonyl (C=O) groups is 1. The minimum atomic E-state index is -1.35. The minimum Gasteiger partial charge on any atom is -0.461 e. The number of halogens is 1. The molecule has 156 valence electrons. The van der Waals surface area contributed by atoms with Crippen LogP contribution in [0, 0.1) is 30.6 Å². The lowest BCUT2D eigenvalue weighted by Crippen LogP contribution is -2.52. The molecule has 0 radical (unpaired) electrons. The number of anilines is 1. The summed E-state index contributed by atoms with van der Waals surface area (Å²) >= 11 is 3.71. The summed E-state index contributed by atoms with van der Waals surface area (Å²) in [5.74, 6) is -0.0389. The summed E-state index contributed by atoms with van der Waals surface area (Å²) in [6, 6.07) is 0. The summed E-state index contributed by atoms with van der Waals surface area (Å²) < 4.78 is 6.14. The van der Waals surface area contributed by atoms with Gasteiger partial charge in [-0.05, 0) is 73.2 Å². The molecule has 2 unspecified atom stereocenters. The van der Waals surface area contributed by atoms with Crippen molar-refractivity contribution in [3.05, 3.63) is 21.4 Å². The Morgan fingerprint density at radius 2 is 1.93 bits per heavy atom. The van der Waals surface area contributed by atoms with Gasteiger partial charge in [-0.2, -0.15) is 0 Å². The fraction of sp³-hybridized carbons (Fsp3) is 0.727. The van der Waals surface area contributed by atoms with Gasteiger partial charge in [0.1, 0.15) is 0 Å². The quantitative estimate of drug-likeness (QED) is 0.670. The molecule has 1 aromatic rings. The molecular formula is C22H33BrN2O3. The normalized spacial score (nSPS) is 27.2. The molecule has 1 N–H and O–H groups in total. The number of aromatic nitrogens is 1. The van der Waals surface area contributed by atoms with Gasteiger partial charge >= 0.3 is 5.97 Å². The number of hydrogen-bond acceptors (Lipinski definition) is 5. The highest BCUT2D eigenvalue weighted by atomic mass is 79.9. The molecule has 2 bridgehead atoms. The molecular weight excluding hydrogens is 420 g/mol. The Hall–Kier alpha value is -1.14. The number of fused-ring (bicyclic) bond motifs is 2. The summed E-state index contributed by atoms with van der Waals surface area (Å²) in [7, 11) is 0. The molecule has 3 rings (SSSR count). The van der Waals surface area contributed by atoms with Gasteiger partial charge in [-0.15, -0.1) is 0 Å². The number of pyridine rings is 1. The SMILES string of the molecule is Cc1nc(C)c([C@H](O)C(=O)OC(C)C)c(N2CC3CCC(C)(C2)C3(C)C)c1Br. The number of nitrogens with zero attached hydrogens (tertiary/aromatic N) is 2. The van der Waals surface area contributed by atoms with E-state index in [4.69, 9.17) is 4.74 Å². The van der Waals surface area contributed by atoms with Crippen molar-refractivity contribution in [2.45, 2.75) is 73.5 Å². The van der Waals surface area contributed by atoms with Gasteiger partial charge in [0.05, 0.1) is 22.0 Å². The number of ether oxygens (including phenoxy) is 1. The van der Waals surface area contributed by atoms with Crippen molar-refractivity contribution >= 4 is 27.6 Å². The molecule has 1 saturated carbocycles. The van der Waals surface area contributed by atoms with E-state index in [2.05, 4.69) is 46.6 Å². The molecule has 1 saturated heterocycles. The molecule has 3 atom stereocenters. The fourth-order valence-electron chi connectivity index (χ4n) is 5.07. The predicted octanol–water partition coefficient (Wildman–Crippen LogP) is 4.71. The van der Waals surface area contributed by atoms with Gasteiger partial charge in [-0.25, -0.2) is 4.79 Å². The number of aliphatic hydroxyl groups excluding tert-OH is 1. The van der Waals surface area contributed by atoms with Crippen molar-refractivity contribution in [2.75, 3.05) is 18.0 Å². The second-order valence-electron chi connectivity index (χ2n) is 9.65. The third-order valence-electron chi connectivity index (χ3n) is 7.27. The van der Waals surface area contributed by atoms with Gasteiger partial charge in [-0.1, -0.05) is 20.8 Å². The Bertz CT molecular complexity index is 792. The van der Waals surface area contributed by atoms with Crippen molar-refractivity contribution in [3.8, 4) is 0 Å². The number of aryl methyl sites for hydroxylation is 2. The lowest BCUT2D eigenvalue weighted by Gasteiger charge is -2.51. The maximum absolute atomic E-state index is 12.5. The summed E-state index contributed by atoms with van der Waals surface area (Å²) in [5.41, 5.74) is 3.47. The zero-order valence-electron chi connectivity index (χ0n) is 18.1. The maximum atomic E-state index is 12.5. The van der Waals surface area contributed by atoms with Gasteiger partial charge < -0.3 is 14.7 Å². The van der Waals surface area contributed by atoms with Crippen LogP contribution in [0.15, 0.2) is 4.47 Å². The number of rotatable bonds is 4. The van der Waals surface area contributed by atoms with Crippen LogP contribution in [-0.4, -0.2) is 35.3 Å². The fourth-order valence-corrected chi connectivity index (χ4v) is 5.62. The van der Waals surface area contributed by atoms with E-state index in [1.54, 1.807) is 13.8 Å². The Morgan fingerprint density at radius 3 is 2.50 bits per heavy atom. The van der Waals surface area contributed by atoms with E-state index in [-0.39, 0.29) is 16.9 Å². The third-order valence-corrected chi connectivity index (χ3v) is 8.22. The minimum absolute atomic E-state index is 0.196. The first kappa shape index (κ1) is 21.6. The summed E-state index contributed by atoms with van der Waals surface area (Å²) in [6.45, 7) is 16.3. The number of carbonyl (C=O) groups excluding carboxylic acids is 1. The van der Waals surface area contributed by atoms with Gasteiger partial charge in [0.25, 0.3) is 0 Å². The molecule has 0 amide bonds. The second kappa shape index (κ2) is 7.28. The maximum Gasteiger partial charge on any atom is 0.340 e. The van der Waals surface area contributed by atoms with Gasteiger partial charge in [0, 0.05) is 24.3 Å². The van der Waals surface area contributed by atoms with Crippen LogP contribution >= 0.6 is 15.9 Å². The summed E-state index contributed by atoms with van der Waals surface area (Å²) in [5, 5.41) is 10.9. The molecule has 2 heterocycles. The van der Waals surface area contributed by atoms with Crippen LogP contribution in [0.4, 0.5) is 5.69 Å². The Kier molecular flexibility index (Phi) is 5.61. The molecule has 0 aromatic carbocycles. The molecule has 28 heavy (non-hydrogen) atoms. The highest BCUT2D eigenvalue weighted by Crippen LogP contribution is 2.60. The van der Waals surface area contributed by atoms with Crippen LogP contribution < -0.4 is 4.90 Å². The molecule has 6 heteroatoms. The van der Waals surface area contributed by atoms with Crippen molar-refractivity contribution in [2.24, 2.45) is 16.7 Å². The lowest BCUT2D eigenvalue weighted by molar-refractivity contribution is -0.157. The monoisotopic (exact) mass is 452 g/mol. The van der Waals surface area contributed by atoms with Crippen molar-refractivity contribution in [3.63, 3.8) is 0 Å². The zero-order chi connectivity index (χ0) is 21.0. The first-order valence-electron chi connectivity index (χ1n) is 10.2. The second-order valence-corrected chi connectivity index (χ2v) is 10.4. The summed E-state index contributed by atoms with van der Waals surface area (Å²) in [6.07, 6.45) is 0.795. The van der Waals surface area contributed by atoms with Gasteiger partial charge in [-0.3, -0.25) is 4.98 Å². The van der Waals surface area contributed by atoms with Crippen LogP contribution in [0.3, 0.4) is 0 Å². The molecule has 1 aromatic heterocycles. The van der Waals surface area contributed by atoms with E-state index in [0.29, 0.717) is 17.2 Å². The first-order chi connectivity index (χ1) is 12.9. The molecule has 1 aliphatic carbocycles. The van der Waals surface area contributed by atoms with Gasteiger partial charge in [0.2, 0.25) is 0 Å². The standard InChI is InChI=1S/C22H33BrN2O3/c1-12(2)28-20(27)19(26)16-13(3)24-14(4)17(23)18(16)25-10-15-8-9-22(7,11-25)21(15,5)6/h12,15,19,26H,8-11H2,1-7H3/t15?,19-,22?/m0/s1. The van der Waals surface area contributed by atoms with E-state index in [1.807, 2.05) is 13.8 Å². The molecule has 2 aliphatic rings. The molecule has 1 aliphatic heterocycles.